The standard InChI is InChI=1S/C29H33N5O7S/c1-29(2,3)41-28(36)31-22-13-10-21(11-14-22)26(42(39,40)32-23-6-4-5-7-24(23)34(37)38)18-33-25-16-19(17-30)8-9-20(25)12-15-27(33)35/h4-9,12,15-16,21-22,26,32H,10-11,13-14,18H2,1-3H3,(H,31,36). The summed E-state index contributed by atoms with van der Waals surface area (Å²) in [6.07, 6.45) is 1.22. The summed E-state index contributed by atoms with van der Waals surface area (Å²) in [6.45, 7) is 5.04. The lowest BCUT2D eigenvalue weighted by molar-refractivity contribution is -0.383. The van der Waals surface area contributed by atoms with Gasteiger partial charge in [-0.15, -0.1) is 0 Å². The first kappa shape index (κ1) is 30.5. The first-order valence-electron chi connectivity index (χ1n) is 13.6. The molecular weight excluding hydrogens is 562 g/mol. The number of nitriles is 1. The number of nitro groups is 1. The molecule has 12 nitrogen and oxygen atoms in total. The van der Waals surface area contributed by atoms with E-state index in [0.29, 0.717) is 42.1 Å². The molecule has 4 rings (SSSR count). The smallest absolute Gasteiger partial charge is 0.407 e. The molecule has 0 radical (unpaired) electrons. The summed E-state index contributed by atoms with van der Waals surface area (Å²) in [5, 5.41) is 23.3. The van der Waals surface area contributed by atoms with Crippen molar-refractivity contribution in [2.75, 3.05) is 4.72 Å². The molecule has 1 aliphatic rings. The van der Waals surface area contributed by atoms with Crippen molar-refractivity contribution < 1.29 is 22.9 Å². The van der Waals surface area contributed by atoms with Crippen LogP contribution >= 0.6 is 0 Å². The Balaban J connectivity index is 1.68. The number of carbonyl (C=O) groups is 1. The van der Waals surface area contributed by atoms with E-state index in [2.05, 4.69) is 10.0 Å². The molecule has 0 spiro atoms. The van der Waals surface area contributed by atoms with Crippen molar-refractivity contribution in [1.29, 1.82) is 5.26 Å². The molecule has 13 heteroatoms. The van der Waals surface area contributed by atoms with Crippen LogP contribution in [-0.2, 0) is 21.3 Å². The SMILES string of the molecule is CC(C)(C)OC(=O)NC1CCC(C(Cn2c(=O)ccc3ccc(C#N)cc32)S(=O)(=O)Nc2ccccc2[N+](=O)[O-])CC1. The highest BCUT2D eigenvalue weighted by atomic mass is 32.2. The van der Waals surface area contributed by atoms with Crippen LogP contribution in [-0.4, -0.2) is 40.9 Å². The molecule has 1 fully saturated rings. The third kappa shape index (κ3) is 7.25. The van der Waals surface area contributed by atoms with Gasteiger partial charge < -0.3 is 14.6 Å². The maximum Gasteiger partial charge on any atom is 0.407 e. The normalized spacial score (nSPS) is 18.0. The van der Waals surface area contributed by atoms with E-state index in [4.69, 9.17) is 4.74 Å². The fraction of sp³-hybridized carbons (Fsp3) is 0.414. The van der Waals surface area contributed by atoms with E-state index >= 15 is 0 Å². The van der Waals surface area contributed by atoms with Crippen LogP contribution < -0.4 is 15.6 Å². The van der Waals surface area contributed by atoms with Gasteiger partial charge in [0, 0.05) is 24.7 Å². The molecule has 1 saturated carbocycles. The predicted molar refractivity (Wildman–Crippen MR) is 157 cm³/mol. The Kier molecular flexibility index (Phi) is 8.86. The Hall–Kier alpha value is -4.44. The highest BCUT2D eigenvalue weighted by Gasteiger charge is 2.38. The quantitative estimate of drug-likeness (QED) is 0.279. The minimum atomic E-state index is -4.29. The Morgan fingerprint density at radius 2 is 1.81 bits per heavy atom. The second-order valence-corrected chi connectivity index (χ2v) is 13.3. The Labute approximate surface area is 243 Å². The highest BCUT2D eigenvalue weighted by Crippen LogP contribution is 2.34. The number of alkyl carbamates (subject to hydrolysis) is 1. The van der Waals surface area contributed by atoms with Crippen LogP contribution in [0, 0.1) is 27.4 Å². The van der Waals surface area contributed by atoms with Crippen molar-refractivity contribution in [3.05, 3.63) is 80.6 Å². The number of hydrogen-bond acceptors (Lipinski definition) is 8. The van der Waals surface area contributed by atoms with Gasteiger partial charge in [-0.1, -0.05) is 18.2 Å². The number of nitrogens with one attached hydrogen (secondary N) is 2. The van der Waals surface area contributed by atoms with E-state index in [-0.39, 0.29) is 18.3 Å². The third-order valence-electron chi connectivity index (χ3n) is 7.25. The van der Waals surface area contributed by atoms with E-state index in [9.17, 15) is 33.4 Å². The van der Waals surface area contributed by atoms with Crippen LogP contribution in [0.1, 0.15) is 52.0 Å². The minimum absolute atomic E-state index is 0.176. The van der Waals surface area contributed by atoms with E-state index in [1.807, 2.05) is 6.07 Å². The zero-order valence-electron chi connectivity index (χ0n) is 23.6. The lowest BCUT2D eigenvalue weighted by Gasteiger charge is -2.34. The molecule has 0 saturated heterocycles. The summed E-state index contributed by atoms with van der Waals surface area (Å²) in [6, 6.07) is 15.1. The van der Waals surface area contributed by atoms with Gasteiger partial charge in [0.2, 0.25) is 10.0 Å². The average molecular weight is 596 g/mol. The van der Waals surface area contributed by atoms with Crippen molar-refractivity contribution in [3.8, 4) is 6.07 Å². The number of pyridine rings is 1. The highest BCUT2D eigenvalue weighted by molar-refractivity contribution is 7.93. The molecule has 42 heavy (non-hydrogen) atoms. The first-order chi connectivity index (χ1) is 19.8. The van der Waals surface area contributed by atoms with Gasteiger partial charge in [-0.25, -0.2) is 13.2 Å². The average Bonchev–Trinajstić information content (AvgIpc) is 2.91. The number of nitrogens with zero attached hydrogens (tertiary/aromatic N) is 3. The van der Waals surface area contributed by atoms with Crippen molar-refractivity contribution in [1.82, 2.24) is 9.88 Å². The number of aromatic nitrogens is 1. The number of fused-ring (bicyclic) bond motifs is 1. The zero-order chi connectivity index (χ0) is 30.7. The largest absolute Gasteiger partial charge is 0.444 e. The second-order valence-electron chi connectivity index (χ2n) is 11.4. The molecule has 2 aromatic carbocycles. The van der Waals surface area contributed by atoms with Gasteiger partial charge in [-0.2, -0.15) is 5.26 Å². The molecule has 1 unspecified atom stereocenters. The lowest BCUT2D eigenvalue weighted by atomic mass is 9.83. The van der Waals surface area contributed by atoms with E-state index in [0.717, 1.165) is 0 Å². The van der Waals surface area contributed by atoms with Gasteiger partial charge in [0.15, 0.2) is 0 Å². The van der Waals surface area contributed by atoms with Crippen molar-refractivity contribution in [2.24, 2.45) is 5.92 Å². The third-order valence-corrected chi connectivity index (χ3v) is 9.09. The number of anilines is 1. The molecule has 3 aromatic rings. The maximum absolute atomic E-state index is 14.0. The van der Waals surface area contributed by atoms with Gasteiger partial charge in [-0.3, -0.25) is 19.6 Å². The molecular formula is C29H33N5O7S. The molecule has 1 aliphatic carbocycles. The topological polar surface area (TPSA) is 173 Å². The molecule has 0 bridgehead atoms. The molecule has 1 atom stereocenters. The van der Waals surface area contributed by atoms with Gasteiger partial charge in [-0.05, 0) is 82.0 Å². The Morgan fingerprint density at radius 1 is 1.14 bits per heavy atom. The number of ether oxygens (including phenoxy) is 1. The fourth-order valence-electron chi connectivity index (χ4n) is 5.28. The number of sulfonamides is 1. The van der Waals surface area contributed by atoms with Gasteiger partial charge in [0.25, 0.3) is 11.2 Å². The molecule has 1 aromatic heterocycles. The van der Waals surface area contributed by atoms with Crippen molar-refractivity contribution in [3.63, 3.8) is 0 Å². The second kappa shape index (κ2) is 12.2. The summed E-state index contributed by atoms with van der Waals surface area (Å²) in [5.74, 6) is -0.441. The summed E-state index contributed by atoms with van der Waals surface area (Å²) in [4.78, 5) is 36.3. The van der Waals surface area contributed by atoms with Gasteiger partial charge >= 0.3 is 6.09 Å². The van der Waals surface area contributed by atoms with Crippen LogP contribution in [0.4, 0.5) is 16.2 Å². The summed E-state index contributed by atoms with van der Waals surface area (Å²) in [5.41, 5.74) is -0.955. The number of benzene rings is 2. The first-order valence-corrected chi connectivity index (χ1v) is 15.1. The number of nitro benzene ring substituents is 1. The number of para-hydroxylation sites is 2. The van der Waals surface area contributed by atoms with E-state index in [1.54, 1.807) is 39.0 Å². The van der Waals surface area contributed by atoms with E-state index < -0.39 is 49.1 Å². The van der Waals surface area contributed by atoms with Gasteiger partial charge in [0.05, 0.1) is 22.1 Å². The molecule has 1 amide bonds. The predicted octanol–water partition coefficient (Wildman–Crippen LogP) is 4.68. The number of rotatable bonds is 8. The van der Waals surface area contributed by atoms with Crippen LogP contribution in [0.25, 0.3) is 10.9 Å². The van der Waals surface area contributed by atoms with Crippen molar-refractivity contribution in [2.45, 2.75) is 69.9 Å². The fourth-order valence-corrected chi connectivity index (χ4v) is 7.04. The molecule has 2 N–H and O–H groups in total. The zero-order valence-corrected chi connectivity index (χ0v) is 24.4. The van der Waals surface area contributed by atoms with Crippen LogP contribution in [0.2, 0.25) is 0 Å². The molecule has 222 valence electrons. The van der Waals surface area contributed by atoms with Crippen LogP contribution in [0.3, 0.4) is 0 Å². The molecule has 1 heterocycles. The maximum atomic E-state index is 14.0. The van der Waals surface area contributed by atoms with Gasteiger partial charge in [0.1, 0.15) is 16.5 Å². The Morgan fingerprint density at radius 3 is 2.45 bits per heavy atom. The number of hydrogen-bond donors (Lipinski definition) is 2. The number of carbonyl (C=O) groups excluding carboxylic acids is 1. The number of amides is 1. The minimum Gasteiger partial charge on any atom is -0.444 e. The monoisotopic (exact) mass is 595 g/mol. The van der Waals surface area contributed by atoms with E-state index in [1.165, 1.54) is 41.0 Å². The van der Waals surface area contributed by atoms with Crippen molar-refractivity contribution >= 4 is 38.4 Å². The lowest BCUT2D eigenvalue weighted by Crippen LogP contribution is -2.45. The van der Waals surface area contributed by atoms with Crippen LogP contribution in [0.15, 0.2) is 59.4 Å². The van der Waals surface area contributed by atoms with Crippen LogP contribution in [0.5, 0.6) is 0 Å². The summed E-state index contributed by atoms with van der Waals surface area (Å²) < 4.78 is 37.0. The Bertz CT molecular complexity index is 1700. The summed E-state index contributed by atoms with van der Waals surface area (Å²) >= 11 is 0. The summed E-state index contributed by atoms with van der Waals surface area (Å²) in [7, 11) is -4.29. The molecule has 0 aliphatic heterocycles.